The molecule has 0 aromatic rings. The Labute approximate surface area is 311 Å². The first-order valence-electron chi connectivity index (χ1n) is 13.3. The molecule has 0 fully saturated rings. The smallest absolute Gasteiger partial charge is 0.411 e. The Morgan fingerprint density at radius 2 is 0.612 bits per heavy atom. The van der Waals surface area contributed by atoms with Crippen LogP contribution in [0.1, 0.15) is 79.7 Å². The third-order valence-electron chi connectivity index (χ3n) is 3.93. The lowest BCUT2D eigenvalue weighted by Crippen LogP contribution is -2.64. The molecule has 0 spiro atoms. The highest BCUT2D eigenvalue weighted by atomic mass is 28.5. The molecule has 0 saturated carbocycles. The normalized spacial score (nSPS) is 11.4. The molecule has 0 aliphatic rings. The van der Waals surface area contributed by atoms with Crippen molar-refractivity contribution in [3.63, 3.8) is 0 Å². The number of hydrogen-bond acceptors (Lipinski definition) is 16. The summed E-state index contributed by atoms with van der Waals surface area (Å²) in [7, 11) is -9.26. The molecular formula is C27H86O16Si6. The van der Waals surface area contributed by atoms with Gasteiger partial charge in [0, 0.05) is 62.0 Å². The Morgan fingerprint density at radius 3 is 0.816 bits per heavy atom. The molecule has 0 saturated heterocycles. The molecule has 49 heavy (non-hydrogen) atoms. The van der Waals surface area contributed by atoms with E-state index in [0.717, 1.165) is 0 Å². The van der Waals surface area contributed by atoms with Crippen LogP contribution in [0.2, 0.25) is 39.3 Å². The molecule has 22 heteroatoms. The van der Waals surface area contributed by atoms with E-state index < -0.39 is 52.8 Å². The van der Waals surface area contributed by atoms with E-state index in [4.69, 9.17) is 71.2 Å². The van der Waals surface area contributed by atoms with Crippen LogP contribution in [0, 0.1) is 0 Å². The van der Waals surface area contributed by atoms with Crippen molar-refractivity contribution < 1.29 is 71.2 Å². The summed E-state index contributed by atoms with van der Waals surface area (Å²) in [6, 6.07) is 0. The van der Waals surface area contributed by atoms with E-state index >= 15 is 0 Å². The third kappa shape index (κ3) is 36.8. The lowest BCUT2D eigenvalue weighted by atomic mass is 10.9. The fraction of sp³-hybridized carbons (Fsp3) is 1.00. The van der Waals surface area contributed by atoms with Crippen LogP contribution >= 0.6 is 0 Å². The van der Waals surface area contributed by atoms with Crippen LogP contribution in [-0.2, 0) is 61.6 Å². The van der Waals surface area contributed by atoms with Gasteiger partial charge >= 0.3 is 52.8 Å². The quantitative estimate of drug-likeness (QED) is 0.0702. The van der Waals surface area contributed by atoms with E-state index in [9.17, 15) is 0 Å². The van der Waals surface area contributed by atoms with E-state index in [1.807, 2.05) is 27.7 Å². The van der Waals surface area contributed by atoms with Crippen LogP contribution in [0.15, 0.2) is 0 Å². The molecule has 0 radical (unpaired) electrons. The highest BCUT2D eigenvalue weighted by Crippen LogP contribution is 2.26. The molecule has 0 heterocycles. The van der Waals surface area contributed by atoms with Crippen LogP contribution in [0.25, 0.3) is 0 Å². The highest BCUT2D eigenvalue weighted by molar-refractivity contribution is 6.83. The summed E-state index contributed by atoms with van der Waals surface area (Å²) in [4.78, 5) is 21.2. The summed E-state index contributed by atoms with van der Waals surface area (Å²) >= 11 is 0. The van der Waals surface area contributed by atoms with Crippen molar-refractivity contribution in [2.75, 3.05) is 69.1 Å². The van der Waals surface area contributed by atoms with Crippen molar-refractivity contribution >= 4 is 52.8 Å². The summed E-state index contributed by atoms with van der Waals surface area (Å²) in [5.41, 5.74) is 0. The Morgan fingerprint density at radius 1 is 0.388 bits per heavy atom. The maximum absolute atomic E-state index is 8.22. The highest BCUT2D eigenvalue weighted by Gasteiger charge is 2.58. The van der Waals surface area contributed by atoms with Gasteiger partial charge in [-0.25, -0.2) is 4.89 Å². The topological polar surface area (TPSA) is 170 Å². The predicted molar refractivity (Wildman–Crippen MR) is 214 cm³/mol. The molecule has 0 rings (SSSR count). The van der Waals surface area contributed by atoms with Gasteiger partial charge in [-0.1, -0.05) is 52.0 Å². The average molecular weight is 835 g/mol. The van der Waals surface area contributed by atoms with Gasteiger partial charge in [0.1, 0.15) is 0 Å². The molecule has 0 unspecified atom stereocenters. The molecule has 0 aromatic carbocycles. The van der Waals surface area contributed by atoms with E-state index in [0.29, 0.717) is 26.4 Å². The summed E-state index contributed by atoms with van der Waals surface area (Å²) in [6.45, 7) is 19.8. The van der Waals surface area contributed by atoms with E-state index in [1.165, 1.54) is 55.8 Å². The predicted octanol–water partition coefficient (Wildman–Crippen LogP) is 6.81. The minimum atomic E-state index is -3.54. The van der Waals surface area contributed by atoms with Crippen molar-refractivity contribution in [2.45, 2.75) is 119 Å². The SMILES string of the molecule is C.C.C.C.C.C.C.CCO[Si](OCC)(OCC)OCC.COO[Si](C)(C)O[Si](OC)(OC)O[Si](C)(C)O[Si](OC)(OC)OC.C[Si](C)(O)O. The fourth-order valence-corrected chi connectivity index (χ4v) is 16.5. The van der Waals surface area contributed by atoms with E-state index in [1.54, 1.807) is 26.2 Å². The molecule has 2 N–H and O–H groups in total. The largest absolute Gasteiger partial charge is 0.679 e. The zero-order chi connectivity index (χ0) is 33.7. The van der Waals surface area contributed by atoms with Gasteiger partial charge < -0.3 is 61.8 Å². The molecule has 0 atom stereocenters. The van der Waals surface area contributed by atoms with Gasteiger partial charge in [-0.15, -0.1) is 0 Å². The van der Waals surface area contributed by atoms with Gasteiger partial charge in [0.05, 0.1) is 7.11 Å². The molecular weight excluding hydrogens is 749 g/mol. The molecule has 0 aromatic heterocycles. The molecule has 0 amide bonds. The van der Waals surface area contributed by atoms with Crippen molar-refractivity contribution in [3.05, 3.63) is 0 Å². The second-order valence-electron chi connectivity index (χ2n) is 9.10. The summed E-state index contributed by atoms with van der Waals surface area (Å²) in [6.07, 6.45) is 0. The van der Waals surface area contributed by atoms with Crippen molar-refractivity contribution in [1.82, 2.24) is 0 Å². The average Bonchev–Trinajstić information content (AvgIpc) is 2.86. The molecule has 0 aliphatic carbocycles. The monoisotopic (exact) mass is 834 g/mol. The van der Waals surface area contributed by atoms with Gasteiger partial charge in [-0.3, -0.25) is 4.58 Å². The van der Waals surface area contributed by atoms with Crippen LogP contribution in [-0.4, -0.2) is 132 Å². The van der Waals surface area contributed by atoms with Gasteiger partial charge in [0.2, 0.25) is 0 Å². The van der Waals surface area contributed by atoms with Crippen LogP contribution < -0.4 is 0 Å². The molecule has 0 aliphatic heterocycles. The zero-order valence-corrected chi connectivity index (χ0v) is 34.4. The van der Waals surface area contributed by atoms with Crippen LogP contribution in [0.5, 0.6) is 0 Å². The Hall–Kier alpha value is 0.661. The summed E-state index contributed by atoms with van der Waals surface area (Å²) in [5.74, 6) is 0. The van der Waals surface area contributed by atoms with Gasteiger partial charge in [-0.2, -0.15) is 0 Å². The third-order valence-corrected chi connectivity index (χ3v) is 18.5. The Balaban J connectivity index is -0.0000000655. The second kappa shape index (κ2) is 37.0. The Kier molecular flexibility index (Phi) is 56.4. The van der Waals surface area contributed by atoms with Crippen molar-refractivity contribution in [1.29, 1.82) is 0 Å². The maximum Gasteiger partial charge on any atom is 0.679 e. The second-order valence-corrected chi connectivity index (χ2v) is 26.5. The van der Waals surface area contributed by atoms with E-state index in [-0.39, 0.29) is 52.0 Å². The minimum Gasteiger partial charge on any atom is -0.411 e. The van der Waals surface area contributed by atoms with E-state index in [2.05, 4.69) is 0 Å². The first-order valence-corrected chi connectivity index (χ1v) is 26.7. The summed E-state index contributed by atoms with van der Waals surface area (Å²) in [5, 5.41) is 0. The lowest BCUT2D eigenvalue weighted by Gasteiger charge is -2.38. The van der Waals surface area contributed by atoms with Crippen molar-refractivity contribution in [2.24, 2.45) is 0 Å². The van der Waals surface area contributed by atoms with Crippen LogP contribution in [0.3, 0.4) is 0 Å². The number of rotatable bonds is 21. The van der Waals surface area contributed by atoms with Gasteiger partial charge in [-0.05, 0) is 67.0 Å². The first-order chi connectivity index (χ1) is 19.2. The standard InChI is InChI=1S/C10H30O10Si4.C8H20O4Si.C2H8O2Si.7CH4/c1-11-17-21(7,8)18-24(15-5,16-6)20-22(9,10)19-23(12-2,13-3)14-4;1-5-9-13(10-6-2,11-7-3)12-8-4;1-5(2,3)4;;;;;;;/h1-10H3;5-8H2,1-4H3;3-4H,1-2H3;7*1H4. The van der Waals surface area contributed by atoms with Gasteiger partial charge in [0.25, 0.3) is 0 Å². The van der Waals surface area contributed by atoms with Crippen molar-refractivity contribution in [3.8, 4) is 0 Å². The fourth-order valence-electron chi connectivity index (χ4n) is 2.74. The number of hydrogen-bond donors (Lipinski definition) is 2. The first kappa shape index (κ1) is 74.8. The van der Waals surface area contributed by atoms with Gasteiger partial charge in [0.15, 0.2) is 0 Å². The summed E-state index contributed by atoms with van der Waals surface area (Å²) < 4.78 is 71.5. The molecule has 314 valence electrons. The Bertz CT molecular complexity index is 613. The lowest BCUT2D eigenvalue weighted by molar-refractivity contribution is -0.203. The van der Waals surface area contributed by atoms with Crippen LogP contribution in [0.4, 0.5) is 0 Å². The molecule has 0 bridgehead atoms. The minimum absolute atomic E-state index is 0. The zero-order valence-electron chi connectivity index (χ0n) is 28.4. The molecule has 16 nitrogen and oxygen atoms in total. The maximum atomic E-state index is 8.22.